The Balaban J connectivity index is 1.52. The summed E-state index contributed by atoms with van der Waals surface area (Å²) in [6, 6.07) is 11.8. The smallest absolute Gasteiger partial charge is 0.254 e. The average molecular weight is 335 g/mol. The van der Waals surface area contributed by atoms with Gasteiger partial charge in [0.2, 0.25) is 0 Å². The van der Waals surface area contributed by atoms with Crippen molar-refractivity contribution < 1.29 is 4.79 Å². The average Bonchev–Trinajstić information content (AvgIpc) is 3.35. The topological polar surface area (TPSA) is 56.0 Å². The van der Waals surface area contributed by atoms with Crippen LogP contribution in [0.15, 0.2) is 48.8 Å². The first-order valence-corrected chi connectivity index (χ1v) is 8.54. The number of hydrogen-bond acceptors (Lipinski definition) is 3. The Kier molecular flexibility index (Phi) is 3.87. The zero-order chi connectivity index (χ0) is 17.4. The predicted molar refractivity (Wildman–Crippen MR) is 94.8 cm³/mol. The van der Waals surface area contributed by atoms with Crippen molar-refractivity contribution in [3.05, 3.63) is 65.7 Å². The summed E-state index contributed by atoms with van der Waals surface area (Å²) >= 11 is 0. The first kappa shape index (κ1) is 15.6. The van der Waals surface area contributed by atoms with Crippen molar-refractivity contribution in [3.63, 3.8) is 0 Å². The number of amides is 1. The Morgan fingerprint density at radius 1 is 1.20 bits per heavy atom. The lowest BCUT2D eigenvalue weighted by molar-refractivity contribution is 0.0787. The molecule has 1 amide bonds. The third-order valence-corrected chi connectivity index (χ3v) is 4.70. The molecule has 1 atom stereocenters. The third kappa shape index (κ3) is 2.95. The van der Waals surface area contributed by atoms with Gasteiger partial charge in [0.15, 0.2) is 0 Å². The summed E-state index contributed by atoms with van der Waals surface area (Å²) in [6.45, 7) is 5.53. The maximum atomic E-state index is 12.9. The minimum atomic E-state index is 0.0676. The first-order valence-electron chi connectivity index (χ1n) is 8.54. The molecule has 0 N–H and O–H groups in total. The summed E-state index contributed by atoms with van der Waals surface area (Å²) in [5.41, 5.74) is 3.76. The number of likely N-dealkylation sites (tertiary alicyclic amines) is 1. The summed E-state index contributed by atoms with van der Waals surface area (Å²) in [7, 11) is 0. The van der Waals surface area contributed by atoms with E-state index >= 15 is 0 Å². The van der Waals surface area contributed by atoms with Crippen molar-refractivity contribution in [2.45, 2.75) is 26.3 Å². The van der Waals surface area contributed by atoms with Gasteiger partial charge in [-0.2, -0.15) is 10.2 Å². The molecular weight excluding hydrogens is 314 g/mol. The quantitative estimate of drug-likeness (QED) is 0.739. The molecule has 128 valence electrons. The predicted octanol–water partition coefficient (Wildman–Crippen LogP) is 2.77. The lowest BCUT2D eigenvalue weighted by Gasteiger charge is -2.18. The molecule has 3 heterocycles. The van der Waals surface area contributed by atoms with E-state index in [9.17, 15) is 4.79 Å². The van der Waals surface area contributed by atoms with Crippen molar-refractivity contribution in [3.8, 4) is 5.69 Å². The van der Waals surface area contributed by atoms with Gasteiger partial charge in [0.1, 0.15) is 0 Å². The van der Waals surface area contributed by atoms with Gasteiger partial charge in [-0.25, -0.2) is 4.68 Å². The molecule has 0 saturated carbocycles. The number of hydrogen-bond donors (Lipinski definition) is 0. The molecule has 0 spiro atoms. The summed E-state index contributed by atoms with van der Waals surface area (Å²) in [5, 5.41) is 8.80. The number of nitrogens with zero attached hydrogens (tertiary/aromatic N) is 5. The molecule has 1 saturated heterocycles. The van der Waals surface area contributed by atoms with Crippen LogP contribution in [0.5, 0.6) is 0 Å². The molecule has 1 aromatic carbocycles. The molecule has 2 aromatic heterocycles. The second-order valence-electron chi connectivity index (χ2n) is 6.57. The summed E-state index contributed by atoms with van der Waals surface area (Å²) < 4.78 is 3.82. The van der Waals surface area contributed by atoms with Crippen LogP contribution >= 0.6 is 0 Å². The highest BCUT2D eigenvalue weighted by atomic mass is 16.2. The highest BCUT2D eigenvalue weighted by Gasteiger charge is 2.29. The zero-order valence-electron chi connectivity index (χ0n) is 14.5. The maximum Gasteiger partial charge on any atom is 0.254 e. The van der Waals surface area contributed by atoms with Crippen LogP contribution in [-0.4, -0.2) is 43.5 Å². The van der Waals surface area contributed by atoms with E-state index in [1.807, 2.05) is 48.4 Å². The van der Waals surface area contributed by atoms with Crippen LogP contribution in [0.25, 0.3) is 5.69 Å². The van der Waals surface area contributed by atoms with Gasteiger partial charge in [0, 0.05) is 36.7 Å². The van der Waals surface area contributed by atoms with Crippen molar-refractivity contribution >= 4 is 5.91 Å². The van der Waals surface area contributed by atoms with E-state index in [1.165, 1.54) is 0 Å². The molecule has 0 aliphatic carbocycles. The second-order valence-corrected chi connectivity index (χ2v) is 6.57. The summed E-state index contributed by atoms with van der Waals surface area (Å²) in [5.74, 6) is 0.0676. The van der Waals surface area contributed by atoms with Crippen LogP contribution in [0.1, 0.15) is 34.2 Å². The number of carbonyl (C=O) groups is 1. The van der Waals surface area contributed by atoms with Crippen LogP contribution in [0.2, 0.25) is 0 Å². The van der Waals surface area contributed by atoms with Crippen LogP contribution in [0.4, 0.5) is 0 Å². The third-order valence-electron chi connectivity index (χ3n) is 4.70. The highest BCUT2D eigenvalue weighted by molar-refractivity contribution is 5.95. The van der Waals surface area contributed by atoms with Gasteiger partial charge in [-0.3, -0.25) is 9.48 Å². The number of rotatable bonds is 3. The van der Waals surface area contributed by atoms with Crippen LogP contribution in [0, 0.1) is 13.8 Å². The highest BCUT2D eigenvalue weighted by Crippen LogP contribution is 2.25. The molecule has 1 aliphatic heterocycles. The lowest BCUT2D eigenvalue weighted by atomic mass is 10.2. The molecule has 3 aromatic rings. The van der Waals surface area contributed by atoms with Gasteiger partial charge >= 0.3 is 0 Å². The molecule has 1 aliphatic rings. The van der Waals surface area contributed by atoms with Crippen molar-refractivity contribution in [2.75, 3.05) is 13.1 Å². The molecule has 25 heavy (non-hydrogen) atoms. The Morgan fingerprint density at radius 3 is 2.80 bits per heavy atom. The monoisotopic (exact) mass is 335 g/mol. The summed E-state index contributed by atoms with van der Waals surface area (Å²) in [6.07, 6.45) is 4.54. The Bertz CT molecular complexity index is 896. The number of aryl methyl sites for hydroxylation is 2. The van der Waals surface area contributed by atoms with Crippen LogP contribution in [-0.2, 0) is 0 Å². The fourth-order valence-corrected chi connectivity index (χ4v) is 3.53. The van der Waals surface area contributed by atoms with E-state index in [4.69, 9.17) is 0 Å². The molecule has 4 rings (SSSR count). The molecule has 6 heteroatoms. The number of benzene rings is 1. The van der Waals surface area contributed by atoms with Gasteiger partial charge in [-0.1, -0.05) is 6.07 Å². The molecule has 6 nitrogen and oxygen atoms in total. The molecule has 1 fully saturated rings. The van der Waals surface area contributed by atoms with E-state index in [0.717, 1.165) is 30.0 Å². The Hall–Kier alpha value is -2.89. The zero-order valence-corrected chi connectivity index (χ0v) is 14.5. The van der Waals surface area contributed by atoms with Crippen LogP contribution in [0.3, 0.4) is 0 Å². The van der Waals surface area contributed by atoms with Crippen molar-refractivity contribution in [2.24, 2.45) is 0 Å². The first-order chi connectivity index (χ1) is 12.1. The number of carbonyl (C=O) groups excluding carboxylic acids is 1. The second kappa shape index (κ2) is 6.20. The van der Waals surface area contributed by atoms with Crippen molar-refractivity contribution in [1.29, 1.82) is 0 Å². The van der Waals surface area contributed by atoms with Crippen molar-refractivity contribution in [1.82, 2.24) is 24.5 Å². The van der Waals surface area contributed by atoms with E-state index in [2.05, 4.69) is 27.9 Å². The minimum Gasteiger partial charge on any atom is -0.336 e. The number of aromatic nitrogens is 4. The lowest BCUT2D eigenvalue weighted by Crippen LogP contribution is -2.29. The minimum absolute atomic E-state index is 0.0676. The maximum absolute atomic E-state index is 12.9. The van der Waals surface area contributed by atoms with E-state index < -0.39 is 0 Å². The van der Waals surface area contributed by atoms with Gasteiger partial charge in [0.25, 0.3) is 5.91 Å². The fraction of sp³-hybridized carbons (Fsp3) is 0.316. The molecule has 0 bridgehead atoms. The molecular formula is C19H21N5O. The van der Waals surface area contributed by atoms with Gasteiger partial charge in [0.05, 0.1) is 17.4 Å². The Morgan fingerprint density at radius 2 is 2.08 bits per heavy atom. The standard InChI is InChI=1S/C19H21N5O/c1-14-11-15(2)24(21-14)18-7-10-22(13-18)19(25)16-5-3-6-17(12-16)23-9-4-8-20-23/h3-6,8-9,11-12,18H,7,10,13H2,1-2H3/t18-/m1/s1. The van der Waals surface area contributed by atoms with Crippen LogP contribution < -0.4 is 0 Å². The van der Waals surface area contributed by atoms with Gasteiger partial charge in [-0.05, 0) is 50.6 Å². The van der Waals surface area contributed by atoms with Gasteiger partial charge in [-0.15, -0.1) is 0 Å². The van der Waals surface area contributed by atoms with E-state index in [1.54, 1.807) is 10.9 Å². The summed E-state index contributed by atoms with van der Waals surface area (Å²) in [4.78, 5) is 14.8. The normalized spacial score (nSPS) is 17.2. The Labute approximate surface area is 146 Å². The SMILES string of the molecule is Cc1cc(C)n([C@@H]2CCN(C(=O)c3cccc(-n4cccn4)c3)C2)n1. The molecule has 0 unspecified atom stereocenters. The van der Waals surface area contributed by atoms with E-state index in [0.29, 0.717) is 12.1 Å². The van der Waals surface area contributed by atoms with E-state index in [-0.39, 0.29) is 11.9 Å². The largest absolute Gasteiger partial charge is 0.336 e. The fourth-order valence-electron chi connectivity index (χ4n) is 3.53. The van der Waals surface area contributed by atoms with Gasteiger partial charge < -0.3 is 4.90 Å². The molecule has 0 radical (unpaired) electrons.